The quantitative estimate of drug-likeness (QED) is 0.832. The van der Waals surface area contributed by atoms with Crippen LogP contribution in [0.25, 0.3) is 0 Å². The van der Waals surface area contributed by atoms with Crippen molar-refractivity contribution in [2.45, 2.75) is 32.2 Å². The number of methoxy groups -OCH3 is 1. The number of carboxylic acids is 1. The van der Waals surface area contributed by atoms with Crippen LogP contribution < -0.4 is 10.1 Å². The summed E-state index contributed by atoms with van der Waals surface area (Å²) in [5.41, 5.74) is -0.328. The molecule has 0 saturated heterocycles. The van der Waals surface area contributed by atoms with Crippen LogP contribution in [0.15, 0.2) is 18.2 Å². The SMILES string of the molecule is CCCC(C)(Nc1ccc(OC)c(Cl)c1)C(=O)O. The Morgan fingerprint density at radius 3 is 2.67 bits per heavy atom. The maximum Gasteiger partial charge on any atom is 0.329 e. The second-order valence-electron chi connectivity index (χ2n) is 4.36. The van der Waals surface area contributed by atoms with Crippen LogP contribution >= 0.6 is 11.6 Å². The lowest BCUT2D eigenvalue weighted by molar-refractivity contribution is -0.141. The zero-order chi connectivity index (χ0) is 13.8. The van der Waals surface area contributed by atoms with Gasteiger partial charge in [-0.15, -0.1) is 0 Å². The number of hydrogen-bond acceptors (Lipinski definition) is 3. The lowest BCUT2D eigenvalue weighted by atomic mass is 9.96. The Labute approximate surface area is 112 Å². The summed E-state index contributed by atoms with van der Waals surface area (Å²) in [5.74, 6) is -0.314. The highest BCUT2D eigenvalue weighted by molar-refractivity contribution is 6.32. The van der Waals surface area contributed by atoms with Crippen LogP contribution in [0.5, 0.6) is 5.75 Å². The monoisotopic (exact) mass is 271 g/mol. The first kappa shape index (κ1) is 14.6. The molecule has 100 valence electrons. The Bertz CT molecular complexity index is 436. The van der Waals surface area contributed by atoms with Crippen LogP contribution in [0.2, 0.25) is 5.02 Å². The molecule has 1 rings (SSSR count). The molecule has 0 amide bonds. The van der Waals surface area contributed by atoms with Gasteiger partial charge in [0.15, 0.2) is 0 Å². The summed E-state index contributed by atoms with van der Waals surface area (Å²) in [6.45, 7) is 3.61. The van der Waals surface area contributed by atoms with Crippen LogP contribution in [0.4, 0.5) is 5.69 Å². The first-order chi connectivity index (χ1) is 8.42. The van der Waals surface area contributed by atoms with E-state index in [1.54, 1.807) is 25.1 Å². The molecular weight excluding hydrogens is 254 g/mol. The van der Waals surface area contributed by atoms with Crippen molar-refractivity contribution >= 4 is 23.3 Å². The summed E-state index contributed by atoms with van der Waals surface area (Å²) in [6.07, 6.45) is 1.31. The van der Waals surface area contributed by atoms with Gasteiger partial charge in [-0.3, -0.25) is 0 Å². The van der Waals surface area contributed by atoms with Gasteiger partial charge in [0.1, 0.15) is 11.3 Å². The van der Waals surface area contributed by atoms with E-state index in [-0.39, 0.29) is 0 Å². The topological polar surface area (TPSA) is 58.6 Å². The number of nitrogens with one attached hydrogen (secondary N) is 1. The highest BCUT2D eigenvalue weighted by Gasteiger charge is 2.31. The Morgan fingerprint density at radius 2 is 2.22 bits per heavy atom. The summed E-state index contributed by atoms with van der Waals surface area (Å²) in [7, 11) is 1.53. The molecule has 0 heterocycles. The molecule has 0 radical (unpaired) electrons. The molecule has 0 aromatic heterocycles. The average Bonchev–Trinajstić information content (AvgIpc) is 2.29. The van der Waals surface area contributed by atoms with Crippen molar-refractivity contribution in [1.29, 1.82) is 0 Å². The molecule has 0 saturated carbocycles. The van der Waals surface area contributed by atoms with Crippen LogP contribution in [-0.4, -0.2) is 23.7 Å². The molecular formula is C13H18ClNO3. The molecule has 2 N–H and O–H groups in total. The third kappa shape index (κ3) is 3.29. The van der Waals surface area contributed by atoms with E-state index in [2.05, 4.69) is 5.32 Å². The van der Waals surface area contributed by atoms with E-state index in [0.717, 1.165) is 6.42 Å². The fourth-order valence-corrected chi connectivity index (χ4v) is 2.04. The molecule has 1 unspecified atom stereocenters. The van der Waals surface area contributed by atoms with Crippen molar-refractivity contribution < 1.29 is 14.6 Å². The zero-order valence-electron chi connectivity index (χ0n) is 10.8. The molecule has 0 spiro atoms. The van der Waals surface area contributed by atoms with E-state index >= 15 is 0 Å². The van der Waals surface area contributed by atoms with Crippen LogP contribution in [0, 0.1) is 0 Å². The van der Waals surface area contributed by atoms with Gasteiger partial charge in [-0.2, -0.15) is 0 Å². The number of carboxylic acid groups (broad SMARTS) is 1. The number of anilines is 1. The number of halogens is 1. The Balaban J connectivity index is 2.94. The third-order valence-corrected chi connectivity index (χ3v) is 3.09. The molecule has 1 atom stereocenters. The zero-order valence-corrected chi connectivity index (χ0v) is 11.5. The minimum absolute atomic E-state index is 0.451. The molecule has 0 aliphatic rings. The molecule has 0 aliphatic heterocycles. The summed E-state index contributed by atoms with van der Waals surface area (Å²) in [6, 6.07) is 5.12. The predicted octanol–water partition coefficient (Wildman–Crippen LogP) is 3.40. The first-order valence-corrected chi connectivity index (χ1v) is 6.16. The van der Waals surface area contributed by atoms with Crippen molar-refractivity contribution in [1.82, 2.24) is 0 Å². The summed E-state index contributed by atoms with van der Waals surface area (Å²) in [4.78, 5) is 11.3. The molecule has 1 aromatic rings. The number of carbonyl (C=O) groups is 1. The largest absolute Gasteiger partial charge is 0.495 e. The van der Waals surface area contributed by atoms with E-state index in [0.29, 0.717) is 22.9 Å². The fraction of sp³-hybridized carbons (Fsp3) is 0.462. The van der Waals surface area contributed by atoms with E-state index in [1.165, 1.54) is 7.11 Å². The second-order valence-corrected chi connectivity index (χ2v) is 4.77. The van der Waals surface area contributed by atoms with Gasteiger partial charge in [-0.05, 0) is 31.5 Å². The van der Waals surface area contributed by atoms with Gasteiger partial charge >= 0.3 is 5.97 Å². The maximum atomic E-state index is 11.3. The standard InChI is InChI=1S/C13H18ClNO3/c1-4-7-13(2,12(16)17)15-9-5-6-11(18-3)10(14)8-9/h5-6,8,15H,4,7H2,1-3H3,(H,16,17). The molecule has 0 fully saturated rings. The van der Waals surface area contributed by atoms with Crippen molar-refractivity contribution in [2.75, 3.05) is 12.4 Å². The fourth-order valence-electron chi connectivity index (χ4n) is 1.79. The lowest BCUT2D eigenvalue weighted by Gasteiger charge is -2.27. The number of ether oxygens (including phenoxy) is 1. The van der Waals surface area contributed by atoms with Gasteiger partial charge in [-0.25, -0.2) is 4.79 Å². The highest BCUT2D eigenvalue weighted by Crippen LogP contribution is 2.29. The molecule has 18 heavy (non-hydrogen) atoms. The van der Waals surface area contributed by atoms with E-state index < -0.39 is 11.5 Å². The normalized spacial score (nSPS) is 13.8. The van der Waals surface area contributed by atoms with Gasteiger partial charge in [0.2, 0.25) is 0 Å². The summed E-state index contributed by atoms with van der Waals surface area (Å²) >= 11 is 6.00. The summed E-state index contributed by atoms with van der Waals surface area (Å²) in [5, 5.41) is 12.7. The Morgan fingerprint density at radius 1 is 1.56 bits per heavy atom. The van der Waals surface area contributed by atoms with Gasteiger partial charge in [0.25, 0.3) is 0 Å². The third-order valence-electron chi connectivity index (χ3n) is 2.79. The van der Waals surface area contributed by atoms with Gasteiger partial charge < -0.3 is 15.2 Å². The summed E-state index contributed by atoms with van der Waals surface area (Å²) < 4.78 is 5.05. The minimum Gasteiger partial charge on any atom is -0.495 e. The molecule has 0 bridgehead atoms. The number of aliphatic carboxylic acids is 1. The van der Waals surface area contributed by atoms with E-state index in [9.17, 15) is 9.90 Å². The van der Waals surface area contributed by atoms with Gasteiger partial charge in [-0.1, -0.05) is 24.9 Å². The van der Waals surface area contributed by atoms with Crippen molar-refractivity contribution in [2.24, 2.45) is 0 Å². The minimum atomic E-state index is -0.993. The molecule has 0 aliphatic carbocycles. The maximum absolute atomic E-state index is 11.3. The number of hydrogen-bond donors (Lipinski definition) is 2. The second kappa shape index (κ2) is 5.96. The van der Waals surface area contributed by atoms with Crippen molar-refractivity contribution in [3.05, 3.63) is 23.2 Å². The first-order valence-electron chi connectivity index (χ1n) is 5.78. The molecule has 1 aromatic carbocycles. The van der Waals surface area contributed by atoms with Gasteiger partial charge in [0, 0.05) is 5.69 Å². The van der Waals surface area contributed by atoms with Crippen LogP contribution in [-0.2, 0) is 4.79 Å². The Kier molecular flexibility index (Phi) is 4.84. The van der Waals surface area contributed by atoms with Crippen LogP contribution in [0.1, 0.15) is 26.7 Å². The number of rotatable bonds is 6. The van der Waals surface area contributed by atoms with Crippen LogP contribution in [0.3, 0.4) is 0 Å². The van der Waals surface area contributed by atoms with E-state index in [4.69, 9.17) is 16.3 Å². The van der Waals surface area contributed by atoms with Crippen molar-refractivity contribution in [3.63, 3.8) is 0 Å². The average molecular weight is 272 g/mol. The highest BCUT2D eigenvalue weighted by atomic mass is 35.5. The lowest BCUT2D eigenvalue weighted by Crippen LogP contribution is -2.43. The van der Waals surface area contributed by atoms with E-state index in [1.807, 2.05) is 6.92 Å². The molecule has 4 nitrogen and oxygen atoms in total. The smallest absolute Gasteiger partial charge is 0.329 e. The predicted molar refractivity (Wildman–Crippen MR) is 72.6 cm³/mol. The Hall–Kier alpha value is -1.42. The molecule has 5 heteroatoms. The number of benzene rings is 1. The van der Waals surface area contributed by atoms with Gasteiger partial charge in [0.05, 0.1) is 12.1 Å². The van der Waals surface area contributed by atoms with Crippen molar-refractivity contribution in [3.8, 4) is 5.75 Å².